The molecule has 9 heteroatoms. The number of carbonyl (C=O) groups is 1. The Balaban J connectivity index is 1.04. The largest absolute Gasteiger partial charge is 0.494 e. The highest BCUT2D eigenvalue weighted by Gasteiger charge is 2.44. The zero-order valence-electron chi connectivity index (χ0n) is 20.4. The predicted molar refractivity (Wildman–Crippen MR) is 134 cm³/mol. The van der Waals surface area contributed by atoms with Crippen LogP contribution >= 0.6 is 0 Å². The van der Waals surface area contributed by atoms with Gasteiger partial charge in [0.05, 0.1) is 6.61 Å². The van der Waals surface area contributed by atoms with Crippen molar-refractivity contribution in [1.29, 1.82) is 0 Å². The van der Waals surface area contributed by atoms with Crippen molar-refractivity contribution in [2.24, 2.45) is 0 Å². The maximum absolute atomic E-state index is 13.8. The van der Waals surface area contributed by atoms with E-state index in [4.69, 9.17) is 4.74 Å². The van der Waals surface area contributed by atoms with Crippen LogP contribution in [0.2, 0.25) is 0 Å². The number of amides is 1. The molecule has 5 rings (SSSR count). The minimum atomic E-state index is -4.86. The van der Waals surface area contributed by atoms with Gasteiger partial charge in [-0.3, -0.25) is 9.69 Å². The van der Waals surface area contributed by atoms with Crippen LogP contribution in [0.4, 0.5) is 23.2 Å². The van der Waals surface area contributed by atoms with E-state index in [0.29, 0.717) is 17.9 Å². The van der Waals surface area contributed by atoms with Crippen molar-refractivity contribution in [3.05, 3.63) is 71.5 Å². The van der Waals surface area contributed by atoms with E-state index in [1.807, 2.05) is 18.2 Å². The predicted octanol–water partition coefficient (Wildman–Crippen LogP) is 5.36. The summed E-state index contributed by atoms with van der Waals surface area (Å²) >= 11 is 0. The summed E-state index contributed by atoms with van der Waals surface area (Å²) in [4.78, 5) is 17.0. The molecule has 2 aliphatic heterocycles. The first-order chi connectivity index (χ1) is 17.8. The third-order valence-electron chi connectivity index (χ3n) is 7.10. The van der Waals surface area contributed by atoms with Crippen molar-refractivity contribution in [2.45, 2.75) is 32.1 Å². The number of nitrogens with zero attached hydrogens (tertiary/aromatic N) is 3. The fraction of sp³-hybridized carbons (Fsp3) is 0.393. The lowest BCUT2D eigenvalue weighted by Crippen LogP contribution is -2.46. The van der Waals surface area contributed by atoms with Gasteiger partial charge in [-0.25, -0.2) is 4.39 Å². The third kappa shape index (κ3) is 5.82. The second kappa shape index (κ2) is 10.6. The molecule has 1 saturated heterocycles. The van der Waals surface area contributed by atoms with E-state index in [1.54, 1.807) is 24.3 Å². The Kier molecular flexibility index (Phi) is 7.24. The molecule has 0 saturated carbocycles. The number of unbranched alkanes of at least 4 members (excludes halogenated alkanes) is 1. The zero-order chi connectivity index (χ0) is 26.0. The highest BCUT2D eigenvalue weighted by Crippen LogP contribution is 2.31. The van der Waals surface area contributed by atoms with Crippen molar-refractivity contribution >= 4 is 22.4 Å². The molecule has 37 heavy (non-hydrogen) atoms. The molecule has 3 aromatic rings. The van der Waals surface area contributed by atoms with Gasteiger partial charge in [-0.05, 0) is 66.2 Å². The Morgan fingerprint density at radius 3 is 2.46 bits per heavy atom. The quantitative estimate of drug-likeness (QED) is 0.313. The van der Waals surface area contributed by atoms with Crippen molar-refractivity contribution in [1.82, 2.24) is 9.80 Å². The summed E-state index contributed by atoms with van der Waals surface area (Å²) in [5.41, 5.74) is 2.49. The number of carbonyl (C=O) groups excluding carboxylic acids is 1. The van der Waals surface area contributed by atoms with Crippen molar-refractivity contribution in [2.75, 3.05) is 44.2 Å². The van der Waals surface area contributed by atoms with E-state index >= 15 is 0 Å². The maximum Gasteiger partial charge on any atom is 0.471 e. The van der Waals surface area contributed by atoms with Crippen LogP contribution < -0.4 is 9.64 Å². The molecule has 2 aliphatic rings. The summed E-state index contributed by atoms with van der Waals surface area (Å²) in [5, 5.41) is 1.98. The van der Waals surface area contributed by atoms with Gasteiger partial charge in [0.2, 0.25) is 0 Å². The number of ether oxygens (including phenoxy) is 1. The SMILES string of the molecule is O=C(N1Cc2ccc(OCCCCN3CCN(c4cccc5ccc(F)cc45)CC3)cc2C1)C(F)(F)F. The Bertz CT molecular complexity index is 1270. The highest BCUT2D eigenvalue weighted by molar-refractivity contribution is 5.94. The van der Waals surface area contributed by atoms with Crippen LogP contribution in [0.15, 0.2) is 54.6 Å². The molecular weight excluding hydrogens is 486 g/mol. The number of benzene rings is 3. The summed E-state index contributed by atoms with van der Waals surface area (Å²) in [6.45, 7) is 5.04. The number of anilines is 1. The lowest BCUT2D eigenvalue weighted by Gasteiger charge is -2.36. The fourth-order valence-electron chi connectivity index (χ4n) is 5.13. The van der Waals surface area contributed by atoms with Gasteiger partial charge in [-0.1, -0.05) is 24.3 Å². The van der Waals surface area contributed by atoms with E-state index in [2.05, 4.69) is 15.9 Å². The van der Waals surface area contributed by atoms with E-state index in [0.717, 1.165) is 72.5 Å². The molecule has 196 valence electrons. The van der Waals surface area contributed by atoms with Crippen molar-refractivity contribution < 1.29 is 27.1 Å². The number of alkyl halides is 3. The number of fused-ring (bicyclic) bond motifs is 2. The van der Waals surface area contributed by atoms with Gasteiger partial charge in [0.15, 0.2) is 0 Å². The standard InChI is InChI=1S/C28H29F4N3O2/c29-23-8-6-20-4-3-5-26(25(20)17-23)34-13-11-33(12-14-34)10-1-2-15-37-24-9-7-21-18-35(19-22(21)16-24)27(36)28(30,31)32/h3-9,16-17H,1-2,10-15,18-19H2. The number of halogens is 4. The van der Waals surface area contributed by atoms with Gasteiger partial charge in [-0.15, -0.1) is 0 Å². The van der Waals surface area contributed by atoms with Gasteiger partial charge in [0.1, 0.15) is 11.6 Å². The van der Waals surface area contributed by atoms with Crippen molar-refractivity contribution in [3.63, 3.8) is 0 Å². The summed E-state index contributed by atoms with van der Waals surface area (Å²) in [6.07, 6.45) is -3.03. The molecule has 1 amide bonds. The minimum absolute atomic E-state index is 0.0292. The van der Waals surface area contributed by atoms with E-state index in [9.17, 15) is 22.4 Å². The van der Waals surface area contributed by atoms with Crippen LogP contribution in [0.5, 0.6) is 5.75 Å². The molecule has 0 unspecified atom stereocenters. The van der Waals surface area contributed by atoms with Crippen LogP contribution in [0.25, 0.3) is 10.8 Å². The Morgan fingerprint density at radius 1 is 0.892 bits per heavy atom. The van der Waals surface area contributed by atoms with Crippen LogP contribution in [0.3, 0.4) is 0 Å². The summed E-state index contributed by atoms with van der Waals surface area (Å²) in [5.74, 6) is -1.42. The summed E-state index contributed by atoms with van der Waals surface area (Å²) < 4.78 is 57.8. The van der Waals surface area contributed by atoms with E-state index in [1.165, 1.54) is 6.07 Å². The Morgan fingerprint density at radius 2 is 1.68 bits per heavy atom. The average molecular weight is 516 g/mol. The lowest BCUT2D eigenvalue weighted by atomic mass is 10.1. The number of rotatable bonds is 7. The molecular formula is C28H29F4N3O2. The number of hydrogen-bond acceptors (Lipinski definition) is 4. The molecule has 5 nitrogen and oxygen atoms in total. The smallest absolute Gasteiger partial charge is 0.471 e. The van der Waals surface area contributed by atoms with Gasteiger partial charge < -0.3 is 14.5 Å². The molecule has 0 spiro atoms. The molecule has 3 aromatic carbocycles. The fourth-order valence-corrected chi connectivity index (χ4v) is 5.13. The highest BCUT2D eigenvalue weighted by atomic mass is 19.4. The maximum atomic E-state index is 13.8. The second-order valence-electron chi connectivity index (χ2n) is 9.62. The van der Waals surface area contributed by atoms with Crippen LogP contribution in [-0.2, 0) is 17.9 Å². The Labute approximate surface area is 213 Å². The number of hydrogen-bond donors (Lipinski definition) is 0. The average Bonchev–Trinajstić information content (AvgIpc) is 3.31. The first kappa shape index (κ1) is 25.3. The van der Waals surface area contributed by atoms with Gasteiger partial charge in [0, 0.05) is 50.3 Å². The zero-order valence-corrected chi connectivity index (χ0v) is 20.4. The van der Waals surface area contributed by atoms with E-state index < -0.39 is 12.1 Å². The normalized spacial score (nSPS) is 16.3. The van der Waals surface area contributed by atoms with Gasteiger partial charge in [-0.2, -0.15) is 13.2 Å². The first-order valence-corrected chi connectivity index (χ1v) is 12.5. The topological polar surface area (TPSA) is 36.0 Å². The molecule has 0 bridgehead atoms. The third-order valence-corrected chi connectivity index (χ3v) is 7.10. The van der Waals surface area contributed by atoms with Crippen LogP contribution in [0.1, 0.15) is 24.0 Å². The minimum Gasteiger partial charge on any atom is -0.494 e. The Hall–Kier alpha value is -3.33. The molecule has 0 aromatic heterocycles. The molecule has 0 atom stereocenters. The van der Waals surface area contributed by atoms with Gasteiger partial charge >= 0.3 is 12.1 Å². The monoisotopic (exact) mass is 515 g/mol. The summed E-state index contributed by atoms with van der Waals surface area (Å²) in [6, 6.07) is 16.2. The van der Waals surface area contributed by atoms with Crippen LogP contribution in [-0.4, -0.2) is 61.2 Å². The first-order valence-electron chi connectivity index (χ1n) is 12.5. The van der Waals surface area contributed by atoms with Gasteiger partial charge in [0.25, 0.3) is 0 Å². The molecule has 2 heterocycles. The molecule has 1 fully saturated rings. The molecule has 0 N–H and O–H groups in total. The lowest BCUT2D eigenvalue weighted by molar-refractivity contribution is -0.186. The number of piperazine rings is 1. The van der Waals surface area contributed by atoms with Crippen LogP contribution in [0, 0.1) is 5.82 Å². The summed E-state index contributed by atoms with van der Waals surface area (Å²) in [7, 11) is 0. The molecule has 0 aliphatic carbocycles. The van der Waals surface area contributed by atoms with E-state index in [-0.39, 0.29) is 18.9 Å². The second-order valence-corrected chi connectivity index (χ2v) is 9.62. The van der Waals surface area contributed by atoms with Crippen molar-refractivity contribution in [3.8, 4) is 5.75 Å². The molecule has 0 radical (unpaired) electrons.